The van der Waals surface area contributed by atoms with E-state index in [-0.39, 0.29) is 12.0 Å². The average Bonchev–Trinajstić information content (AvgIpc) is 2.36. The van der Waals surface area contributed by atoms with Crippen LogP contribution in [0.15, 0.2) is 18.2 Å². The van der Waals surface area contributed by atoms with Crippen molar-refractivity contribution in [3.05, 3.63) is 28.2 Å². The molecule has 6 heteroatoms. The van der Waals surface area contributed by atoms with Crippen molar-refractivity contribution in [2.75, 3.05) is 19.7 Å². The van der Waals surface area contributed by atoms with E-state index in [2.05, 4.69) is 0 Å². The number of carbonyl (C=O) groups is 1. The van der Waals surface area contributed by atoms with Crippen LogP contribution in [0, 0.1) is 0 Å². The molecule has 4 nitrogen and oxygen atoms in total. The molecule has 110 valence electrons. The lowest BCUT2D eigenvalue weighted by atomic mass is 10.2. The highest BCUT2D eigenvalue weighted by Gasteiger charge is 2.26. The van der Waals surface area contributed by atoms with E-state index in [0.29, 0.717) is 35.5 Å². The summed E-state index contributed by atoms with van der Waals surface area (Å²) in [6.45, 7) is 5.40. The lowest BCUT2D eigenvalue weighted by Gasteiger charge is -2.32. The first-order valence-corrected chi connectivity index (χ1v) is 7.24. The Labute approximate surface area is 128 Å². The first-order valence-electron chi connectivity index (χ1n) is 6.49. The van der Waals surface area contributed by atoms with Gasteiger partial charge in [0.2, 0.25) is 0 Å². The normalized spacial score (nSPS) is 20.6. The molecule has 0 saturated carbocycles. The largest absolute Gasteiger partial charge is 0.481 e. The van der Waals surface area contributed by atoms with Gasteiger partial charge in [0.15, 0.2) is 6.10 Å². The summed E-state index contributed by atoms with van der Waals surface area (Å²) in [6, 6.07) is 4.89. The summed E-state index contributed by atoms with van der Waals surface area (Å²) in [7, 11) is 0. The molecule has 1 fully saturated rings. The van der Waals surface area contributed by atoms with Crippen molar-refractivity contribution in [1.29, 1.82) is 0 Å². The van der Waals surface area contributed by atoms with Crippen molar-refractivity contribution >= 4 is 29.1 Å². The molecule has 2 atom stereocenters. The van der Waals surface area contributed by atoms with E-state index in [1.807, 2.05) is 6.92 Å². The average molecular weight is 318 g/mol. The van der Waals surface area contributed by atoms with Gasteiger partial charge in [-0.05, 0) is 32.0 Å². The molecule has 0 radical (unpaired) electrons. The van der Waals surface area contributed by atoms with Crippen LogP contribution < -0.4 is 4.74 Å². The van der Waals surface area contributed by atoms with Crippen LogP contribution in [-0.2, 0) is 9.53 Å². The zero-order chi connectivity index (χ0) is 14.7. The molecule has 0 aliphatic carbocycles. The summed E-state index contributed by atoms with van der Waals surface area (Å²) in [5.74, 6) is 0.431. The lowest BCUT2D eigenvalue weighted by molar-refractivity contribution is -0.144. The van der Waals surface area contributed by atoms with Gasteiger partial charge in [0.1, 0.15) is 5.75 Å². The number of ether oxygens (including phenoxy) is 2. The third-order valence-electron chi connectivity index (χ3n) is 3.05. The molecule has 1 aromatic carbocycles. The topological polar surface area (TPSA) is 38.8 Å². The molecule has 2 unspecified atom stereocenters. The van der Waals surface area contributed by atoms with E-state index in [4.69, 9.17) is 32.7 Å². The van der Waals surface area contributed by atoms with Crippen molar-refractivity contribution in [3.63, 3.8) is 0 Å². The van der Waals surface area contributed by atoms with Gasteiger partial charge in [-0.3, -0.25) is 4.79 Å². The van der Waals surface area contributed by atoms with E-state index in [9.17, 15) is 4.79 Å². The molecule has 1 aliphatic heterocycles. The molecule has 0 bridgehead atoms. The Kier molecular flexibility index (Phi) is 5.13. The Morgan fingerprint density at radius 2 is 2.05 bits per heavy atom. The minimum absolute atomic E-state index is 0.0560. The van der Waals surface area contributed by atoms with Crippen LogP contribution in [-0.4, -0.2) is 42.7 Å². The van der Waals surface area contributed by atoms with Gasteiger partial charge in [0.25, 0.3) is 5.91 Å². The third kappa shape index (κ3) is 4.01. The van der Waals surface area contributed by atoms with Gasteiger partial charge in [-0.1, -0.05) is 23.2 Å². The number of amides is 1. The third-order valence-corrected chi connectivity index (χ3v) is 3.49. The molecule has 1 heterocycles. The van der Waals surface area contributed by atoms with Gasteiger partial charge < -0.3 is 14.4 Å². The molecule has 0 aromatic heterocycles. The van der Waals surface area contributed by atoms with Crippen LogP contribution in [0.5, 0.6) is 5.75 Å². The summed E-state index contributed by atoms with van der Waals surface area (Å²) in [6.07, 6.45) is -0.532. The predicted molar refractivity (Wildman–Crippen MR) is 78.5 cm³/mol. The second kappa shape index (κ2) is 6.66. The Hall–Kier alpha value is -0.970. The number of rotatable bonds is 3. The number of hydrogen-bond acceptors (Lipinski definition) is 3. The quantitative estimate of drug-likeness (QED) is 0.860. The number of halogens is 2. The maximum atomic E-state index is 12.3. The molecule has 1 aromatic rings. The van der Waals surface area contributed by atoms with Gasteiger partial charge in [-0.15, -0.1) is 0 Å². The van der Waals surface area contributed by atoms with Gasteiger partial charge in [-0.2, -0.15) is 0 Å². The second-order valence-electron chi connectivity index (χ2n) is 4.83. The lowest BCUT2D eigenvalue weighted by Crippen LogP contribution is -2.49. The highest BCUT2D eigenvalue weighted by molar-refractivity contribution is 6.34. The summed E-state index contributed by atoms with van der Waals surface area (Å²) in [5, 5.41) is 0.958. The Bertz CT molecular complexity index is 475. The summed E-state index contributed by atoms with van der Waals surface area (Å²) in [4.78, 5) is 14.1. The monoisotopic (exact) mass is 317 g/mol. The molecule has 1 aliphatic rings. The highest BCUT2D eigenvalue weighted by Crippen LogP contribution is 2.25. The van der Waals surface area contributed by atoms with Crippen molar-refractivity contribution in [3.8, 4) is 5.75 Å². The van der Waals surface area contributed by atoms with Crippen LogP contribution in [0.3, 0.4) is 0 Å². The summed E-state index contributed by atoms with van der Waals surface area (Å²) in [5.41, 5.74) is 0. The fourth-order valence-corrected chi connectivity index (χ4v) is 2.63. The molecule has 0 N–H and O–H groups in total. The van der Waals surface area contributed by atoms with Crippen molar-refractivity contribution < 1.29 is 14.3 Å². The van der Waals surface area contributed by atoms with Crippen LogP contribution in [0.1, 0.15) is 13.8 Å². The fourth-order valence-electron chi connectivity index (χ4n) is 2.13. The number of morpholine rings is 1. The van der Waals surface area contributed by atoms with Gasteiger partial charge in [0.05, 0.1) is 12.7 Å². The van der Waals surface area contributed by atoms with Crippen molar-refractivity contribution in [2.45, 2.75) is 26.1 Å². The van der Waals surface area contributed by atoms with E-state index >= 15 is 0 Å². The molecule has 1 saturated heterocycles. The molecular weight excluding hydrogens is 301 g/mol. The first kappa shape index (κ1) is 15.4. The fraction of sp³-hybridized carbons (Fsp3) is 0.500. The number of carbonyl (C=O) groups excluding carboxylic acids is 1. The van der Waals surface area contributed by atoms with E-state index in [0.717, 1.165) is 0 Å². The number of hydrogen-bond donors (Lipinski definition) is 0. The minimum Gasteiger partial charge on any atom is -0.481 e. The maximum absolute atomic E-state index is 12.3. The SMILES string of the molecule is CC1CN(C(=O)C(C)Oc2cc(Cl)cc(Cl)c2)CCO1. The Morgan fingerprint density at radius 3 is 2.65 bits per heavy atom. The predicted octanol–water partition coefficient (Wildman–Crippen LogP) is 3.01. The van der Waals surface area contributed by atoms with Gasteiger partial charge in [0, 0.05) is 23.1 Å². The molecule has 2 rings (SSSR count). The van der Waals surface area contributed by atoms with Crippen LogP contribution in [0.2, 0.25) is 10.0 Å². The molecule has 1 amide bonds. The van der Waals surface area contributed by atoms with E-state index < -0.39 is 6.10 Å². The zero-order valence-electron chi connectivity index (χ0n) is 11.4. The molecular formula is C14H17Cl2NO3. The van der Waals surface area contributed by atoms with Gasteiger partial charge >= 0.3 is 0 Å². The highest BCUT2D eigenvalue weighted by atomic mass is 35.5. The summed E-state index contributed by atoms with van der Waals surface area (Å²) < 4.78 is 11.0. The van der Waals surface area contributed by atoms with Crippen molar-refractivity contribution in [1.82, 2.24) is 4.90 Å². The van der Waals surface area contributed by atoms with Crippen LogP contribution >= 0.6 is 23.2 Å². The Balaban J connectivity index is 1.99. The van der Waals surface area contributed by atoms with Crippen molar-refractivity contribution in [2.24, 2.45) is 0 Å². The van der Waals surface area contributed by atoms with Crippen LogP contribution in [0.4, 0.5) is 0 Å². The Morgan fingerprint density at radius 1 is 1.40 bits per heavy atom. The maximum Gasteiger partial charge on any atom is 0.263 e. The zero-order valence-corrected chi connectivity index (χ0v) is 12.9. The van der Waals surface area contributed by atoms with Gasteiger partial charge in [-0.25, -0.2) is 0 Å². The number of nitrogens with zero attached hydrogens (tertiary/aromatic N) is 1. The smallest absolute Gasteiger partial charge is 0.263 e. The second-order valence-corrected chi connectivity index (χ2v) is 5.70. The van der Waals surface area contributed by atoms with E-state index in [1.54, 1.807) is 30.0 Å². The standard InChI is InChI=1S/C14H17Cl2NO3/c1-9-8-17(3-4-19-9)14(18)10(2)20-13-6-11(15)5-12(16)7-13/h5-7,9-10H,3-4,8H2,1-2H3. The molecule has 0 spiro atoms. The first-order chi connectivity index (χ1) is 9.45. The van der Waals surface area contributed by atoms with E-state index in [1.165, 1.54) is 0 Å². The number of benzene rings is 1. The van der Waals surface area contributed by atoms with Crippen LogP contribution in [0.25, 0.3) is 0 Å². The molecule has 20 heavy (non-hydrogen) atoms. The summed E-state index contributed by atoms with van der Waals surface area (Å²) >= 11 is 11.8. The minimum atomic E-state index is -0.588.